The summed E-state index contributed by atoms with van der Waals surface area (Å²) in [4.78, 5) is 0. The van der Waals surface area contributed by atoms with Gasteiger partial charge >= 0.3 is 0 Å². The molecule has 0 saturated heterocycles. The first kappa shape index (κ1) is 14.3. The molecular formula is C11H20ClN3O2. The lowest BCUT2D eigenvalue weighted by Crippen LogP contribution is -2.15. The van der Waals surface area contributed by atoms with E-state index in [1.165, 1.54) is 0 Å². The lowest BCUT2D eigenvalue weighted by Gasteiger charge is -2.11. The Labute approximate surface area is 107 Å². The van der Waals surface area contributed by atoms with Crippen molar-refractivity contribution in [2.75, 3.05) is 31.0 Å². The third-order valence-corrected chi connectivity index (χ3v) is 2.51. The molecule has 5 nitrogen and oxygen atoms in total. The summed E-state index contributed by atoms with van der Waals surface area (Å²) in [6, 6.07) is 0.343. The van der Waals surface area contributed by atoms with Crippen molar-refractivity contribution >= 4 is 17.3 Å². The highest BCUT2D eigenvalue weighted by Crippen LogP contribution is 2.08. The molecule has 0 spiro atoms. The van der Waals surface area contributed by atoms with Crippen LogP contribution in [0, 0.1) is 0 Å². The van der Waals surface area contributed by atoms with Crippen LogP contribution >= 0.6 is 11.6 Å². The second-order valence-electron chi connectivity index (χ2n) is 3.85. The minimum Gasteiger partial charge on any atom is -0.394 e. The van der Waals surface area contributed by atoms with Gasteiger partial charge in [-0.25, -0.2) is 0 Å². The van der Waals surface area contributed by atoms with Crippen LogP contribution in [0.2, 0.25) is 0 Å². The minimum absolute atomic E-state index is 0.0574. The van der Waals surface area contributed by atoms with Crippen molar-refractivity contribution < 1.29 is 9.84 Å². The molecule has 0 aliphatic heterocycles. The molecule has 0 aromatic carbocycles. The Kier molecular flexibility index (Phi) is 7.00. The van der Waals surface area contributed by atoms with Gasteiger partial charge in [-0.1, -0.05) is 0 Å². The van der Waals surface area contributed by atoms with Gasteiger partial charge in [0.2, 0.25) is 0 Å². The van der Waals surface area contributed by atoms with Crippen LogP contribution < -0.4 is 5.32 Å². The van der Waals surface area contributed by atoms with Crippen LogP contribution in [0.3, 0.4) is 0 Å². The number of halogens is 1. The Balaban J connectivity index is 2.27. The normalized spacial score (nSPS) is 12.6. The zero-order valence-corrected chi connectivity index (χ0v) is 10.9. The maximum atomic E-state index is 8.55. The molecule has 0 radical (unpaired) electrons. The lowest BCUT2D eigenvalue weighted by atomic mass is 10.2. The molecule has 17 heavy (non-hydrogen) atoms. The second kappa shape index (κ2) is 8.33. The van der Waals surface area contributed by atoms with Gasteiger partial charge < -0.3 is 15.2 Å². The standard InChI is InChI=1S/C11H20ClN3O2/c1-10(2-3-12)14-11-8-13-15(9-11)4-6-17-7-5-16/h8-10,14,16H,2-7H2,1H3. The smallest absolute Gasteiger partial charge is 0.0728 e. The molecular weight excluding hydrogens is 242 g/mol. The summed E-state index contributed by atoms with van der Waals surface area (Å²) < 4.78 is 6.98. The van der Waals surface area contributed by atoms with Crippen LogP contribution in [0.15, 0.2) is 12.4 Å². The molecule has 1 heterocycles. The summed E-state index contributed by atoms with van der Waals surface area (Å²) in [5.74, 6) is 0.650. The maximum absolute atomic E-state index is 8.55. The SMILES string of the molecule is CC(CCCl)Nc1cnn(CCOCCO)c1. The molecule has 0 fully saturated rings. The minimum atomic E-state index is 0.0574. The molecule has 6 heteroatoms. The van der Waals surface area contributed by atoms with Gasteiger partial charge in [-0.05, 0) is 13.3 Å². The Hall–Kier alpha value is -0.780. The number of alkyl halides is 1. The maximum Gasteiger partial charge on any atom is 0.0728 e. The predicted molar refractivity (Wildman–Crippen MR) is 68.6 cm³/mol. The van der Waals surface area contributed by atoms with Crippen molar-refractivity contribution in [3.63, 3.8) is 0 Å². The van der Waals surface area contributed by atoms with E-state index in [1.807, 2.05) is 10.9 Å². The molecule has 0 bridgehead atoms. The number of hydrogen-bond donors (Lipinski definition) is 2. The number of anilines is 1. The van der Waals surface area contributed by atoms with E-state index in [4.69, 9.17) is 21.4 Å². The Morgan fingerprint density at radius 3 is 3.12 bits per heavy atom. The van der Waals surface area contributed by atoms with Gasteiger partial charge in [-0.2, -0.15) is 5.10 Å². The van der Waals surface area contributed by atoms with E-state index in [2.05, 4.69) is 17.3 Å². The van der Waals surface area contributed by atoms with Gasteiger partial charge in [0, 0.05) is 18.1 Å². The molecule has 1 rings (SSSR count). The Morgan fingerprint density at radius 2 is 2.41 bits per heavy atom. The number of aromatic nitrogens is 2. The first-order valence-corrected chi connectivity index (χ1v) is 6.33. The molecule has 0 saturated carbocycles. The molecule has 0 aliphatic rings. The number of rotatable bonds is 9. The van der Waals surface area contributed by atoms with E-state index in [1.54, 1.807) is 6.20 Å². The highest BCUT2D eigenvalue weighted by Gasteiger charge is 2.03. The quantitative estimate of drug-likeness (QED) is 0.520. The number of nitrogens with zero attached hydrogens (tertiary/aromatic N) is 2. The van der Waals surface area contributed by atoms with E-state index in [0.717, 1.165) is 12.1 Å². The van der Waals surface area contributed by atoms with Gasteiger partial charge in [0.05, 0.1) is 38.2 Å². The highest BCUT2D eigenvalue weighted by molar-refractivity contribution is 6.17. The monoisotopic (exact) mass is 261 g/mol. The van der Waals surface area contributed by atoms with E-state index < -0.39 is 0 Å². The predicted octanol–water partition coefficient (Wildman–Crippen LogP) is 1.32. The molecule has 1 atom stereocenters. The van der Waals surface area contributed by atoms with Gasteiger partial charge in [0.1, 0.15) is 0 Å². The Morgan fingerprint density at radius 1 is 1.59 bits per heavy atom. The van der Waals surface area contributed by atoms with E-state index in [-0.39, 0.29) is 6.61 Å². The number of ether oxygens (including phenoxy) is 1. The van der Waals surface area contributed by atoms with Crippen molar-refractivity contribution in [1.82, 2.24) is 9.78 Å². The fourth-order valence-electron chi connectivity index (χ4n) is 1.41. The lowest BCUT2D eigenvalue weighted by molar-refractivity contribution is 0.0854. The van der Waals surface area contributed by atoms with Crippen molar-refractivity contribution in [3.05, 3.63) is 12.4 Å². The largest absolute Gasteiger partial charge is 0.394 e. The molecule has 0 aliphatic carbocycles. The molecule has 2 N–H and O–H groups in total. The fourth-order valence-corrected chi connectivity index (χ4v) is 1.73. The molecule has 1 unspecified atom stereocenters. The van der Waals surface area contributed by atoms with Crippen LogP contribution in [0.1, 0.15) is 13.3 Å². The number of nitrogens with one attached hydrogen (secondary N) is 1. The summed E-state index contributed by atoms with van der Waals surface area (Å²) >= 11 is 5.67. The van der Waals surface area contributed by atoms with E-state index in [0.29, 0.717) is 31.7 Å². The van der Waals surface area contributed by atoms with E-state index >= 15 is 0 Å². The van der Waals surface area contributed by atoms with Gasteiger partial charge in [-0.15, -0.1) is 11.6 Å². The zero-order valence-electron chi connectivity index (χ0n) is 10.1. The third-order valence-electron chi connectivity index (χ3n) is 2.29. The summed E-state index contributed by atoms with van der Waals surface area (Å²) in [5, 5.41) is 16.1. The van der Waals surface area contributed by atoms with Crippen molar-refractivity contribution in [2.45, 2.75) is 25.9 Å². The van der Waals surface area contributed by atoms with E-state index in [9.17, 15) is 0 Å². The van der Waals surface area contributed by atoms with Crippen molar-refractivity contribution in [1.29, 1.82) is 0 Å². The van der Waals surface area contributed by atoms with Crippen LogP contribution in [-0.2, 0) is 11.3 Å². The first-order chi connectivity index (χ1) is 8.26. The molecule has 1 aromatic heterocycles. The van der Waals surface area contributed by atoms with Gasteiger partial charge in [0.25, 0.3) is 0 Å². The highest BCUT2D eigenvalue weighted by atomic mass is 35.5. The zero-order chi connectivity index (χ0) is 12.5. The van der Waals surface area contributed by atoms with Crippen molar-refractivity contribution in [2.24, 2.45) is 0 Å². The first-order valence-electron chi connectivity index (χ1n) is 5.80. The van der Waals surface area contributed by atoms with Crippen LogP contribution in [0.5, 0.6) is 0 Å². The molecule has 98 valence electrons. The molecule has 0 amide bonds. The summed E-state index contributed by atoms with van der Waals surface area (Å²) in [6.07, 6.45) is 4.65. The van der Waals surface area contributed by atoms with Gasteiger partial charge in [0.15, 0.2) is 0 Å². The summed E-state index contributed by atoms with van der Waals surface area (Å²) in [5.41, 5.74) is 0.991. The average Bonchev–Trinajstić information content (AvgIpc) is 2.72. The number of aliphatic hydroxyl groups excluding tert-OH is 1. The van der Waals surface area contributed by atoms with Crippen molar-refractivity contribution in [3.8, 4) is 0 Å². The Bertz CT molecular complexity index is 307. The second-order valence-corrected chi connectivity index (χ2v) is 4.23. The van der Waals surface area contributed by atoms with Crippen LogP contribution in [0.25, 0.3) is 0 Å². The van der Waals surface area contributed by atoms with Crippen LogP contribution in [0.4, 0.5) is 5.69 Å². The third kappa shape index (κ3) is 5.91. The summed E-state index contributed by atoms with van der Waals surface area (Å²) in [7, 11) is 0. The van der Waals surface area contributed by atoms with Gasteiger partial charge in [-0.3, -0.25) is 4.68 Å². The van der Waals surface area contributed by atoms with Crippen LogP contribution in [-0.4, -0.2) is 46.6 Å². The number of hydrogen-bond acceptors (Lipinski definition) is 4. The number of aliphatic hydroxyl groups is 1. The fraction of sp³-hybridized carbons (Fsp3) is 0.727. The molecule has 1 aromatic rings. The topological polar surface area (TPSA) is 59.3 Å². The summed E-state index contributed by atoms with van der Waals surface area (Å²) in [6.45, 7) is 3.76. The average molecular weight is 262 g/mol.